The van der Waals surface area contributed by atoms with Crippen molar-refractivity contribution in [2.75, 3.05) is 5.32 Å². The van der Waals surface area contributed by atoms with Crippen LogP contribution in [0.1, 0.15) is 37.4 Å². The molecule has 4 rings (SSSR count). The molecule has 1 unspecified atom stereocenters. The highest BCUT2D eigenvalue weighted by Crippen LogP contribution is 2.35. The van der Waals surface area contributed by atoms with E-state index >= 15 is 0 Å². The summed E-state index contributed by atoms with van der Waals surface area (Å²) in [7, 11) is -3.63. The van der Waals surface area contributed by atoms with E-state index < -0.39 is 38.7 Å². The second kappa shape index (κ2) is 9.48. The van der Waals surface area contributed by atoms with Crippen LogP contribution in [0.25, 0.3) is 0 Å². The summed E-state index contributed by atoms with van der Waals surface area (Å²) in [5.41, 5.74) is 0.183. The number of aromatic nitrogens is 2. The smallest absolute Gasteiger partial charge is 0.271 e. The molecule has 0 spiro atoms. The van der Waals surface area contributed by atoms with Crippen molar-refractivity contribution >= 4 is 33.2 Å². The number of nitrogens with one attached hydrogen (secondary N) is 2. The Hall–Kier alpha value is -2.98. The number of aromatic amines is 1. The number of halogens is 3. The summed E-state index contributed by atoms with van der Waals surface area (Å²) < 4.78 is 59.0. The molecule has 11 heteroatoms. The van der Waals surface area contributed by atoms with Crippen molar-refractivity contribution in [1.82, 2.24) is 10.2 Å². The SMILES string of the molecule is O=C(Nc1cc[nH]n1)C(Oc1ccc(F)cc1F)c1ccc(S(=O)(=O)C2CCCC2)c(Cl)c1. The monoisotopic (exact) mass is 495 g/mol. The molecule has 1 saturated carbocycles. The van der Waals surface area contributed by atoms with Gasteiger partial charge in [0.25, 0.3) is 5.91 Å². The van der Waals surface area contributed by atoms with Crippen molar-refractivity contribution in [3.63, 3.8) is 0 Å². The van der Waals surface area contributed by atoms with Gasteiger partial charge in [0.05, 0.1) is 15.2 Å². The highest BCUT2D eigenvalue weighted by atomic mass is 35.5. The zero-order chi connectivity index (χ0) is 23.6. The van der Waals surface area contributed by atoms with Gasteiger partial charge < -0.3 is 10.1 Å². The number of anilines is 1. The van der Waals surface area contributed by atoms with Crippen molar-refractivity contribution in [3.05, 3.63) is 70.9 Å². The van der Waals surface area contributed by atoms with Gasteiger partial charge in [0.15, 0.2) is 27.2 Å². The molecule has 1 aromatic heterocycles. The number of benzene rings is 2. The number of nitrogens with zero attached hydrogens (tertiary/aromatic N) is 1. The van der Waals surface area contributed by atoms with Crippen LogP contribution >= 0.6 is 11.6 Å². The number of hydrogen-bond donors (Lipinski definition) is 2. The molecule has 1 amide bonds. The van der Waals surface area contributed by atoms with Crippen molar-refractivity contribution in [1.29, 1.82) is 0 Å². The summed E-state index contributed by atoms with van der Waals surface area (Å²) in [5, 5.41) is 8.33. The lowest BCUT2D eigenvalue weighted by molar-refractivity contribution is -0.123. The lowest BCUT2D eigenvalue weighted by Crippen LogP contribution is -2.26. The van der Waals surface area contributed by atoms with Crippen molar-refractivity contribution in [2.24, 2.45) is 0 Å². The van der Waals surface area contributed by atoms with Crippen LogP contribution in [0.4, 0.5) is 14.6 Å². The highest BCUT2D eigenvalue weighted by Gasteiger charge is 2.33. The Morgan fingerprint density at radius 3 is 2.55 bits per heavy atom. The number of amides is 1. The van der Waals surface area contributed by atoms with Gasteiger partial charge in [0.1, 0.15) is 5.82 Å². The Morgan fingerprint density at radius 1 is 1.15 bits per heavy atom. The predicted molar refractivity (Wildman–Crippen MR) is 118 cm³/mol. The van der Waals surface area contributed by atoms with Crippen LogP contribution < -0.4 is 10.1 Å². The zero-order valence-corrected chi connectivity index (χ0v) is 18.8. The molecule has 0 bridgehead atoms. The number of carbonyl (C=O) groups is 1. The summed E-state index contributed by atoms with van der Waals surface area (Å²) >= 11 is 6.33. The van der Waals surface area contributed by atoms with Gasteiger partial charge in [-0.3, -0.25) is 9.89 Å². The molecule has 1 heterocycles. The van der Waals surface area contributed by atoms with Gasteiger partial charge in [0.2, 0.25) is 6.10 Å². The molecule has 1 fully saturated rings. The molecule has 1 aliphatic carbocycles. The lowest BCUT2D eigenvalue weighted by atomic mass is 10.1. The van der Waals surface area contributed by atoms with Gasteiger partial charge in [-0.25, -0.2) is 17.2 Å². The van der Waals surface area contributed by atoms with Gasteiger partial charge >= 0.3 is 0 Å². The Kier molecular flexibility index (Phi) is 6.66. The van der Waals surface area contributed by atoms with Gasteiger partial charge in [-0.15, -0.1) is 0 Å². The fourth-order valence-electron chi connectivity index (χ4n) is 3.78. The molecule has 1 aliphatic rings. The van der Waals surface area contributed by atoms with E-state index in [4.69, 9.17) is 16.3 Å². The van der Waals surface area contributed by atoms with Gasteiger partial charge in [-0.05, 0) is 37.1 Å². The zero-order valence-electron chi connectivity index (χ0n) is 17.2. The largest absolute Gasteiger partial charge is 0.473 e. The normalized spacial score (nSPS) is 15.4. The second-order valence-corrected chi connectivity index (χ2v) is 10.3. The van der Waals surface area contributed by atoms with Crippen LogP contribution in [-0.4, -0.2) is 29.8 Å². The van der Waals surface area contributed by atoms with Crippen LogP contribution in [0.2, 0.25) is 5.02 Å². The van der Waals surface area contributed by atoms with Gasteiger partial charge in [0, 0.05) is 23.9 Å². The minimum Gasteiger partial charge on any atom is -0.473 e. The topological polar surface area (TPSA) is 101 Å². The Labute approximate surface area is 194 Å². The maximum atomic E-state index is 14.2. The number of hydrogen-bond acceptors (Lipinski definition) is 5. The van der Waals surface area contributed by atoms with E-state index in [1.807, 2.05) is 0 Å². The average Bonchev–Trinajstić information content (AvgIpc) is 3.47. The molecular formula is C22H20ClF2N3O4S. The molecule has 1 atom stereocenters. The molecule has 0 radical (unpaired) electrons. The van der Waals surface area contributed by atoms with E-state index in [1.165, 1.54) is 30.5 Å². The first-order valence-corrected chi connectivity index (χ1v) is 12.1. The first-order chi connectivity index (χ1) is 15.8. The summed E-state index contributed by atoms with van der Waals surface area (Å²) in [6.07, 6.45) is 2.88. The molecule has 3 aromatic rings. The van der Waals surface area contributed by atoms with Crippen molar-refractivity contribution < 1.29 is 26.7 Å². The van der Waals surface area contributed by atoms with Gasteiger partial charge in [-0.1, -0.05) is 30.5 Å². The van der Waals surface area contributed by atoms with Crippen LogP contribution in [-0.2, 0) is 14.6 Å². The summed E-state index contributed by atoms with van der Waals surface area (Å²) in [4.78, 5) is 12.9. The van der Waals surface area contributed by atoms with Crippen molar-refractivity contribution in [2.45, 2.75) is 41.9 Å². The minimum absolute atomic E-state index is 0.0285. The average molecular weight is 496 g/mol. The molecule has 2 N–H and O–H groups in total. The summed E-state index contributed by atoms with van der Waals surface area (Å²) in [6.45, 7) is 0. The van der Waals surface area contributed by atoms with E-state index in [-0.39, 0.29) is 27.0 Å². The molecule has 0 aliphatic heterocycles. The third kappa shape index (κ3) is 5.01. The quantitative estimate of drug-likeness (QED) is 0.489. The highest BCUT2D eigenvalue weighted by molar-refractivity contribution is 7.92. The van der Waals surface area contributed by atoms with Crippen LogP contribution in [0.15, 0.2) is 53.6 Å². The van der Waals surface area contributed by atoms with Crippen molar-refractivity contribution in [3.8, 4) is 5.75 Å². The Balaban J connectivity index is 1.68. The maximum Gasteiger partial charge on any atom is 0.271 e. The molecule has 174 valence electrons. The number of H-pyrrole nitrogens is 1. The fraction of sp³-hybridized carbons (Fsp3) is 0.273. The molecule has 7 nitrogen and oxygen atoms in total. The maximum absolute atomic E-state index is 14.2. The Bertz CT molecular complexity index is 1260. The van der Waals surface area contributed by atoms with E-state index in [9.17, 15) is 22.0 Å². The number of carbonyl (C=O) groups excluding carboxylic acids is 1. The number of sulfone groups is 1. The molecule has 33 heavy (non-hydrogen) atoms. The third-order valence-electron chi connectivity index (χ3n) is 5.44. The molecular weight excluding hydrogens is 476 g/mol. The van der Waals surface area contributed by atoms with E-state index in [0.717, 1.165) is 25.0 Å². The molecule has 2 aromatic carbocycles. The van der Waals surface area contributed by atoms with Crippen LogP contribution in [0.3, 0.4) is 0 Å². The summed E-state index contributed by atoms with van der Waals surface area (Å²) in [6, 6.07) is 8.19. The van der Waals surface area contributed by atoms with E-state index in [1.54, 1.807) is 0 Å². The first-order valence-electron chi connectivity index (χ1n) is 10.2. The first kappa shape index (κ1) is 23.2. The Morgan fingerprint density at radius 2 is 1.91 bits per heavy atom. The van der Waals surface area contributed by atoms with Crippen LogP contribution in [0.5, 0.6) is 5.75 Å². The minimum atomic E-state index is -3.63. The third-order valence-corrected chi connectivity index (χ3v) is 8.18. The van der Waals surface area contributed by atoms with E-state index in [2.05, 4.69) is 15.5 Å². The summed E-state index contributed by atoms with van der Waals surface area (Å²) in [5.74, 6) is -2.69. The standard InChI is InChI=1S/C22H20ClF2N3O4S/c23-16-11-13(5-8-19(16)33(30,31)15-3-1-2-4-15)21(22(29)27-20-9-10-26-28-20)32-18-7-6-14(24)12-17(18)25/h5-12,15,21H,1-4H2,(H2,26,27,28,29). The lowest BCUT2D eigenvalue weighted by Gasteiger charge is -2.20. The fourth-order valence-corrected chi connectivity index (χ4v) is 6.19. The van der Waals surface area contributed by atoms with Gasteiger partial charge in [-0.2, -0.15) is 5.10 Å². The van der Waals surface area contributed by atoms with Crippen LogP contribution in [0, 0.1) is 11.6 Å². The second-order valence-electron chi connectivity index (χ2n) is 7.66. The number of ether oxygens (including phenoxy) is 1. The predicted octanol–water partition coefficient (Wildman–Crippen LogP) is 4.82. The van der Waals surface area contributed by atoms with E-state index in [0.29, 0.717) is 18.9 Å². The molecule has 0 saturated heterocycles. The number of rotatable bonds is 7.